The average Bonchev–Trinajstić information content (AvgIpc) is 2.28. The van der Waals surface area contributed by atoms with Crippen LogP contribution >= 0.6 is 0 Å². The molecular weight excluding hydrogens is 216 g/mol. The van der Waals surface area contributed by atoms with Gasteiger partial charge in [-0.2, -0.15) is 0 Å². The summed E-state index contributed by atoms with van der Waals surface area (Å²) < 4.78 is 0. The molecule has 2 N–H and O–H groups in total. The lowest BCUT2D eigenvalue weighted by Gasteiger charge is -2.02. The molecule has 0 atom stereocenters. The molecular formula is C13H10N2O2. The van der Waals surface area contributed by atoms with Crippen LogP contribution in [0.1, 0.15) is 5.69 Å². The number of aryl methyl sites for hydroxylation is 1. The smallest absolute Gasteiger partial charge is 0.261 e. The van der Waals surface area contributed by atoms with Crippen molar-refractivity contribution in [1.29, 1.82) is 0 Å². The van der Waals surface area contributed by atoms with Crippen LogP contribution in [0.2, 0.25) is 0 Å². The van der Waals surface area contributed by atoms with Crippen LogP contribution in [0.3, 0.4) is 0 Å². The van der Waals surface area contributed by atoms with Gasteiger partial charge in [0.1, 0.15) is 5.39 Å². The summed E-state index contributed by atoms with van der Waals surface area (Å²) in [7, 11) is 0. The van der Waals surface area contributed by atoms with Gasteiger partial charge in [-0.05, 0) is 25.1 Å². The quantitative estimate of drug-likeness (QED) is 0.573. The van der Waals surface area contributed by atoms with Crippen LogP contribution in [0.25, 0.3) is 21.8 Å². The lowest BCUT2D eigenvalue weighted by molar-refractivity contribution is 1.16. The summed E-state index contributed by atoms with van der Waals surface area (Å²) in [4.78, 5) is 29.7. The van der Waals surface area contributed by atoms with Crippen LogP contribution < -0.4 is 11.0 Å². The van der Waals surface area contributed by atoms with Gasteiger partial charge in [0.05, 0.1) is 5.52 Å². The summed E-state index contributed by atoms with van der Waals surface area (Å²) in [5, 5.41) is 0.726. The molecule has 0 aliphatic rings. The first-order chi connectivity index (χ1) is 8.16. The first kappa shape index (κ1) is 9.84. The second-order valence-electron chi connectivity index (χ2n) is 4.07. The van der Waals surface area contributed by atoms with Crippen molar-refractivity contribution in [3.8, 4) is 0 Å². The summed E-state index contributed by atoms with van der Waals surface area (Å²) in [6, 6.07) is 8.94. The molecule has 2 heterocycles. The van der Waals surface area contributed by atoms with Gasteiger partial charge in [0.15, 0.2) is 0 Å². The number of rotatable bonds is 0. The molecule has 4 nitrogen and oxygen atoms in total. The molecule has 3 rings (SSSR count). The second-order valence-corrected chi connectivity index (χ2v) is 4.07. The van der Waals surface area contributed by atoms with Crippen molar-refractivity contribution < 1.29 is 0 Å². The Hall–Kier alpha value is -2.36. The number of para-hydroxylation sites is 1. The van der Waals surface area contributed by atoms with Gasteiger partial charge >= 0.3 is 0 Å². The molecule has 0 spiro atoms. The van der Waals surface area contributed by atoms with Gasteiger partial charge in [-0.1, -0.05) is 12.1 Å². The number of nitrogens with one attached hydrogen (secondary N) is 2. The number of fused-ring (bicyclic) bond motifs is 2. The van der Waals surface area contributed by atoms with Crippen molar-refractivity contribution in [2.24, 2.45) is 0 Å². The molecule has 0 amide bonds. The molecule has 0 radical (unpaired) electrons. The van der Waals surface area contributed by atoms with E-state index in [0.29, 0.717) is 10.9 Å². The number of pyridine rings is 2. The first-order valence-electron chi connectivity index (χ1n) is 5.31. The van der Waals surface area contributed by atoms with E-state index in [1.807, 2.05) is 12.1 Å². The zero-order chi connectivity index (χ0) is 12.0. The molecule has 0 fully saturated rings. The molecule has 0 bridgehead atoms. The van der Waals surface area contributed by atoms with Crippen LogP contribution in [0.15, 0.2) is 39.9 Å². The van der Waals surface area contributed by atoms with E-state index in [2.05, 4.69) is 9.97 Å². The Bertz CT molecular complexity index is 843. The van der Waals surface area contributed by atoms with Crippen molar-refractivity contribution in [3.63, 3.8) is 0 Å². The third kappa shape index (κ3) is 1.38. The van der Waals surface area contributed by atoms with E-state index in [9.17, 15) is 9.59 Å². The summed E-state index contributed by atoms with van der Waals surface area (Å²) in [5.41, 5.74) is 1.49. The topological polar surface area (TPSA) is 65.7 Å². The zero-order valence-corrected chi connectivity index (χ0v) is 9.20. The van der Waals surface area contributed by atoms with Crippen LogP contribution in [-0.2, 0) is 0 Å². The highest BCUT2D eigenvalue weighted by Crippen LogP contribution is 2.11. The standard InChI is InChI=1S/C13H10N2O2/c1-7-6-10-11(13(17)14-7)12(16)8-4-2-3-5-9(8)15-10/h2-6H,1H3,(H,14,17)(H,15,16). The lowest BCUT2D eigenvalue weighted by Crippen LogP contribution is -2.17. The largest absolute Gasteiger partial charge is 0.354 e. The van der Waals surface area contributed by atoms with E-state index in [-0.39, 0.29) is 16.4 Å². The molecule has 17 heavy (non-hydrogen) atoms. The van der Waals surface area contributed by atoms with Gasteiger partial charge < -0.3 is 9.97 Å². The molecule has 84 valence electrons. The number of H-pyrrole nitrogens is 2. The molecule has 2 aromatic heterocycles. The molecule has 4 heteroatoms. The fraction of sp³-hybridized carbons (Fsp3) is 0.0769. The highest BCUT2D eigenvalue weighted by Gasteiger charge is 2.08. The minimum atomic E-state index is -0.341. The summed E-state index contributed by atoms with van der Waals surface area (Å²) in [5.74, 6) is 0. The maximum absolute atomic E-state index is 12.2. The zero-order valence-electron chi connectivity index (χ0n) is 9.20. The maximum atomic E-state index is 12.2. The Kier molecular flexibility index (Phi) is 1.92. The molecule has 0 saturated heterocycles. The van der Waals surface area contributed by atoms with Crippen LogP contribution in [0, 0.1) is 6.92 Å². The number of hydrogen-bond acceptors (Lipinski definition) is 2. The van der Waals surface area contributed by atoms with E-state index in [4.69, 9.17) is 0 Å². The molecule has 1 aromatic carbocycles. The minimum Gasteiger partial charge on any atom is -0.354 e. The third-order valence-electron chi connectivity index (χ3n) is 2.84. The second kappa shape index (κ2) is 3.31. The number of benzene rings is 1. The molecule has 3 aromatic rings. The van der Waals surface area contributed by atoms with Crippen molar-refractivity contribution in [2.45, 2.75) is 6.92 Å². The molecule has 0 saturated carbocycles. The van der Waals surface area contributed by atoms with Crippen LogP contribution in [0.5, 0.6) is 0 Å². The van der Waals surface area contributed by atoms with Crippen molar-refractivity contribution in [2.75, 3.05) is 0 Å². The van der Waals surface area contributed by atoms with E-state index >= 15 is 0 Å². The van der Waals surface area contributed by atoms with Crippen LogP contribution in [0.4, 0.5) is 0 Å². The van der Waals surface area contributed by atoms with Crippen molar-refractivity contribution in [1.82, 2.24) is 9.97 Å². The monoisotopic (exact) mass is 226 g/mol. The lowest BCUT2D eigenvalue weighted by atomic mass is 10.1. The average molecular weight is 226 g/mol. The summed E-state index contributed by atoms with van der Waals surface area (Å²) in [6.45, 7) is 1.79. The minimum absolute atomic E-state index is 0.189. The number of hydrogen-bond donors (Lipinski definition) is 2. The Balaban J connectivity index is 2.70. The predicted molar refractivity (Wildman–Crippen MR) is 67.4 cm³/mol. The van der Waals surface area contributed by atoms with E-state index in [1.54, 1.807) is 25.1 Å². The third-order valence-corrected chi connectivity index (χ3v) is 2.84. The van der Waals surface area contributed by atoms with E-state index < -0.39 is 0 Å². The first-order valence-corrected chi connectivity index (χ1v) is 5.31. The maximum Gasteiger partial charge on any atom is 0.261 e. The SMILES string of the molecule is Cc1cc2[nH]c3ccccc3c(=O)c2c(=O)[nH]1. The number of aromatic amines is 2. The van der Waals surface area contributed by atoms with Gasteiger partial charge in [-0.15, -0.1) is 0 Å². The van der Waals surface area contributed by atoms with Gasteiger partial charge in [-0.3, -0.25) is 9.59 Å². The van der Waals surface area contributed by atoms with E-state index in [0.717, 1.165) is 11.2 Å². The predicted octanol–water partition coefficient (Wildman–Crippen LogP) is 1.68. The van der Waals surface area contributed by atoms with Gasteiger partial charge in [0, 0.05) is 16.6 Å². The Labute approximate surface area is 95.9 Å². The Morgan fingerprint density at radius 3 is 2.59 bits per heavy atom. The number of aromatic nitrogens is 2. The van der Waals surface area contributed by atoms with Gasteiger partial charge in [-0.25, -0.2) is 0 Å². The highest BCUT2D eigenvalue weighted by atomic mass is 16.1. The highest BCUT2D eigenvalue weighted by molar-refractivity contribution is 5.91. The Morgan fingerprint density at radius 2 is 1.76 bits per heavy atom. The van der Waals surface area contributed by atoms with E-state index in [1.165, 1.54) is 0 Å². The fourth-order valence-electron chi connectivity index (χ4n) is 2.08. The Morgan fingerprint density at radius 1 is 1.00 bits per heavy atom. The van der Waals surface area contributed by atoms with Crippen molar-refractivity contribution in [3.05, 3.63) is 56.6 Å². The summed E-state index contributed by atoms with van der Waals surface area (Å²) in [6.07, 6.45) is 0. The van der Waals surface area contributed by atoms with Gasteiger partial charge in [0.25, 0.3) is 5.56 Å². The summed E-state index contributed by atoms with van der Waals surface area (Å²) >= 11 is 0. The molecule has 0 aliphatic heterocycles. The molecule has 0 aliphatic carbocycles. The van der Waals surface area contributed by atoms with Gasteiger partial charge in [0.2, 0.25) is 5.43 Å². The normalized spacial score (nSPS) is 11.1. The van der Waals surface area contributed by atoms with Crippen molar-refractivity contribution >= 4 is 21.8 Å². The fourth-order valence-corrected chi connectivity index (χ4v) is 2.08. The van der Waals surface area contributed by atoms with Crippen LogP contribution in [-0.4, -0.2) is 9.97 Å². The molecule has 0 unspecified atom stereocenters.